The maximum absolute atomic E-state index is 4.15. The summed E-state index contributed by atoms with van der Waals surface area (Å²) in [6.07, 6.45) is 8.32. The van der Waals surface area contributed by atoms with Crippen molar-refractivity contribution in [2.24, 2.45) is 5.41 Å². The zero-order chi connectivity index (χ0) is 14.8. The highest BCUT2D eigenvalue weighted by molar-refractivity contribution is 4.89. The third kappa shape index (κ3) is 4.06. The fourth-order valence-corrected chi connectivity index (χ4v) is 2.91. The van der Waals surface area contributed by atoms with Crippen molar-refractivity contribution < 1.29 is 0 Å². The first-order valence-corrected chi connectivity index (χ1v) is 7.78. The third-order valence-electron chi connectivity index (χ3n) is 4.64. The number of rotatable bonds is 4. The average molecular weight is 278 g/mol. The van der Waals surface area contributed by atoms with E-state index in [1.165, 1.54) is 19.4 Å². The lowest BCUT2D eigenvalue weighted by Gasteiger charge is -2.40. The molecule has 0 bridgehead atoms. The quantitative estimate of drug-likeness (QED) is 0.918. The van der Waals surface area contributed by atoms with Gasteiger partial charge >= 0.3 is 0 Å². The van der Waals surface area contributed by atoms with Crippen molar-refractivity contribution in [1.82, 2.24) is 19.8 Å². The van der Waals surface area contributed by atoms with E-state index in [-0.39, 0.29) is 5.41 Å². The van der Waals surface area contributed by atoms with Crippen LogP contribution in [0, 0.1) is 5.41 Å². The minimum atomic E-state index is 0.247. The summed E-state index contributed by atoms with van der Waals surface area (Å²) in [4.78, 5) is 6.61. The first-order valence-electron chi connectivity index (χ1n) is 7.78. The number of imidazole rings is 1. The van der Waals surface area contributed by atoms with E-state index in [4.69, 9.17) is 0 Å². The van der Waals surface area contributed by atoms with Gasteiger partial charge in [0.25, 0.3) is 0 Å². The minimum absolute atomic E-state index is 0.247. The molecule has 1 aliphatic rings. The first kappa shape index (κ1) is 15.5. The molecular formula is C16H30N4. The molecule has 114 valence electrons. The number of nitrogens with zero attached hydrogens (tertiary/aromatic N) is 3. The molecular weight excluding hydrogens is 248 g/mol. The summed E-state index contributed by atoms with van der Waals surface area (Å²) < 4.78 is 2.18. The monoisotopic (exact) mass is 278 g/mol. The molecule has 0 radical (unpaired) electrons. The fraction of sp³-hybridized carbons (Fsp3) is 0.812. The standard InChI is InChI=1S/C16H30N4/c1-13-10-14(6-8-19(13)5)18-15(16(2,3)4)11-20-9-7-17-12-20/h7,9,12-15,18H,6,8,10-11H2,1-5H3. The van der Waals surface area contributed by atoms with E-state index >= 15 is 0 Å². The fourth-order valence-electron chi connectivity index (χ4n) is 2.91. The molecule has 1 N–H and O–H groups in total. The molecule has 1 fully saturated rings. The van der Waals surface area contributed by atoms with Gasteiger partial charge in [-0.25, -0.2) is 4.98 Å². The van der Waals surface area contributed by atoms with Crippen molar-refractivity contribution >= 4 is 0 Å². The van der Waals surface area contributed by atoms with Gasteiger partial charge in [-0.3, -0.25) is 0 Å². The second-order valence-corrected chi connectivity index (χ2v) is 7.40. The zero-order valence-corrected chi connectivity index (χ0v) is 13.6. The maximum atomic E-state index is 4.15. The molecule has 0 saturated carbocycles. The Balaban J connectivity index is 1.97. The summed E-state index contributed by atoms with van der Waals surface area (Å²) in [6.45, 7) is 11.5. The summed E-state index contributed by atoms with van der Waals surface area (Å²) >= 11 is 0. The molecule has 4 nitrogen and oxygen atoms in total. The normalized spacial score (nSPS) is 26.6. The summed E-state index contributed by atoms with van der Waals surface area (Å²) in [5, 5.41) is 3.91. The van der Waals surface area contributed by atoms with Gasteiger partial charge in [-0.2, -0.15) is 0 Å². The zero-order valence-electron chi connectivity index (χ0n) is 13.6. The van der Waals surface area contributed by atoms with Crippen molar-refractivity contribution in [2.75, 3.05) is 13.6 Å². The van der Waals surface area contributed by atoms with Crippen LogP contribution in [-0.4, -0.2) is 46.2 Å². The van der Waals surface area contributed by atoms with Crippen molar-refractivity contribution in [3.05, 3.63) is 18.7 Å². The number of aromatic nitrogens is 2. The smallest absolute Gasteiger partial charge is 0.0946 e. The van der Waals surface area contributed by atoms with Crippen LogP contribution in [0.15, 0.2) is 18.7 Å². The number of piperidine rings is 1. The van der Waals surface area contributed by atoms with E-state index in [9.17, 15) is 0 Å². The van der Waals surface area contributed by atoms with Crippen molar-refractivity contribution in [3.63, 3.8) is 0 Å². The lowest BCUT2D eigenvalue weighted by Crippen LogP contribution is -2.53. The van der Waals surface area contributed by atoms with Gasteiger partial charge in [-0.1, -0.05) is 20.8 Å². The first-order chi connectivity index (χ1) is 9.36. The molecule has 2 heterocycles. The molecule has 0 aliphatic carbocycles. The molecule has 20 heavy (non-hydrogen) atoms. The van der Waals surface area contributed by atoms with E-state index in [1.807, 2.05) is 12.5 Å². The van der Waals surface area contributed by atoms with Crippen LogP contribution in [0.5, 0.6) is 0 Å². The molecule has 4 heteroatoms. The molecule has 3 atom stereocenters. The van der Waals surface area contributed by atoms with E-state index in [1.54, 1.807) is 0 Å². The van der Waals surface area contributed by atoms with Gasteiger partial charge in [0.15, 0.2) is 0 Å². The Kier molecular flexibility index (Phi) is 4.86. The van der Waals surface area contributed by atoms with Crippen LogP contribution in [0.4, 0.5) is 0 Å². The molecule has 1 saturated heterocycles. The third-order valence-corrected chi connectivity index (χ3v) is 4.64. The van der Waals surface area contributed by atoms with E-state index in [0.717, 1.165) is 6.54 Å². The van der Waals surface area contributed by atoms with Gasteiger partial charge in [-0.05, 0) is 38.8 Å². The van der Waals surface area contributed by atoms with Crippen molar-refractivity contribution in [1.29, 1.82) is 0 Å². The highest BCUT2D eigenvalue weighted by atomic mass is 15.2. The van der Waals surface area contributed by atoms with Gasteiger partial charge in [0.1, 0.15) is 0 Å². The minimum Gasteiger partial charge on any atom is -0.336 e. The second kappa shape index (κ2) is 6.27. The van der Waals surface area contributed by atoms with Gasteiger partial charge < -0.3 is 14.8 Å². The molecule has 0 amide bonds. The van der Waals surface area contributed by atoms with Gasteiger partial charge in [0.05, 0.1) is 6.33 Å². The highest BCUT2D eigenvalue weighted by Crippen LogP contribution is 2.24. The average Bonchev–Trinajstić information content (AvgIpc) is 2.85. The van der Waals surface area contributed by atoms with E-state index in [2.05, 4.69) is 60.7 Å². The van der Waals surface area contributed by atoms with Crippen LogP contribution in [0.25, 0.3) is 0 Å². The maximum Gasteiger partial charge on any atom is 0.0946 e. The Bertz CT molecular complexity index is 393. The molecule has 2 rings (SSSR count). The van der Waals surface area contributed by atoms with Crippen molar-refractivity contribution in [3.8, 4) is 0 Å². The van der Waals surface area contributed by atoms with Crippen LogP contribution < -0.4 is 5.32 Å². The Morgan fingerprint density at radius 3 is 2.70 bits per heavy atom. The predicted octanol–water partition coefficient (Wildman–Crippen LogP) is 2.37. The Labute approximate surface area is 123 Å². The molecule has 0 aromatic carbocycles. The van der Waals surface area contributed by atoms with E-state index in [0.29, 0.717) is 18.1 Å². The van der Waals surface area contributed by atoms with Crippen LogP contribution in [0.1, 0.15) is 40.5 Å². The SMILES string of the molecule is CC1CC(NC(Cn2ccnc2)C(C)(C)C)CCN1C. The van der Waals surface area contributed by atoms with Crippen LogP contribution in [-0.2, 0) is 6.54 Å². The van der Waals surface area contributed by atoms with Crippen LogP contribution >= 0.6 is 0 Å². The lowest BCUT2D eigenvalue weighted by molar-refractivity contribution is 0.137. The Hall–Kier alpha value is -0.870. The lowest BCUT2D eigenvalue weighted by atomic mass is 9.85. The van der Waals surface area contributed by atoms with Crippen molar-refractivity contribution in [2.45, 2.75) is 65.2 Å². The predicted molar refractivity (Wildman–Crippen MR) is 83.7 cm³/mol. The molecule has 1 aromatic heterocycles. The topological polar surface area (TPSA) is 33.1 Å². The summed E-state index contributed by atoms with van der Waals surface area (Å²) in [5.74, 6) is 0. The van der Waals surface area contributed by atoms with Gasteiger partial charge in [0.2, 0.25) is 0 Å². The molecule has 1 aromatic rings. The molecule has 1 aliphatic heterocycles. The molecule has 0 spiro atoms. The van der Waals surface area contributed by atoms with Gasteiger partial charge in [0, 0.05) is 37.1 Å². The highest BCUT2D eigenvalue weighted by Gasteiger charge is 2.30. The van der Waals surface area contributed by atoms with Crippen LogP contribution in [0.2, 0.25) is 0 Å². The Morgan fingerprint density at radius 2 is 2.15 bits per heavy atom. The molecule has 3 unspecified atom stereocenters. The Morgan fingerprint density at radius 1 is 1.40 bits per heavy atom. The number of hydrogen-bond donors (Lipinski definition) is 1. The van der Waals surface area contributed by atoms with Crippen LogP contribution in [0.3, 0.4) is 0 Å². The number of nitrogens with one attached hydrogen (secondary N) is 1. The second-order valence-electron chi connectivity index (χ2n) is 7.40. The van der Waals surface area contributed by atoms with Gasteiger partial charge in [-0.15, -0.1) is 0 Å². The summed E-state index contributed by atoms with van der Waals surface area (Å²) in [5.41, 5.74) is 0.247. The number of hydrogen-bond acceptors (Lipinski definition) is 3. The largest absolute Gasteiger partial charge is 0.336 e. The number of likely N-dealkylation sites (tertiary alicyclic amines) is 1. The summed E-state index contributed by atoms with van der Waals surface area (Å²) in [7, 11) is 2.23. The van der Waals surface area contributed by atoms with E-state index < -0.39 is 0 Å². The summed E-state index contributed by atoms with van der Waals surface area (Å²) in [6, 6.07) is 1.78.